The lowest BCUT2D eigenvalue weighted by molar-refractivity contribution is -0.146. The van der Waals surface area contributed by atoms with Gasteiger partial charge in [0.25, 0.3) is 5.91 Å². The minimum Gasteiger partial charge on any atom is -0.463 e. The molecule has 0 radical (unpaired) electrons. The largest absolute Gasteiger partial charge is 0.463 e. The summed E-state index contributed by atoms with van der Waals surface area (Å²) in [6.45, 7) is 10.8. The average molecular weight is 678 g/mol. The van der Waals surface area contributed by atoms with Crippen LogP contribution in [0.3, 0.4) is 0 Å². The van der Waals surface area contributed by atoms with E-state index < -0.39 is 65.4 Å². The van der Waals surface area contributed by atoms with Crippen LogP contribution in [0.4, 0.5) is 5.69 Å². The SMILES string of the molecule is C=CCCC(=O)OC[C@H](NC(=O)[C@@H]1[C@@H]2CC[C@]3(O2)[C@H](C(=O)N(CC=C)c2c(C)cccc2Cl)N([C@@H](CC)CO)C(=O)[C@@H]13)c1ccccc1. The molecule has 2 bridgehead atoms. The van der Waals surface area contributed by atoms with Crippen molar-refractivity contribution >= 4 is 41.0 Å². The Balaban J connectivity index is 1.50. The minimum atomic E-state index is -1.29. The number of halogens is 1. The van der Waals surface area contributed by atoms with Gasteiger partial charge in [-0.05, 0) is 49.8 Å². The molecule has 1 spiro atoms. The summed E-state index contributed by atoms with van der Waals surface area (Å²) in [6, 6.07) is 12.0. The molecule has 0 unspecified atom stereocenters. The van der Waals surface area contributed by atoms with Gasteiger partial charge in [0.2, 0.25) is 11.8 Å². The van der Waals surface area contributed by atoms with E-state index in [-0.39, 0.29) is 26.2 Å². The molecule has 3 fully saturated rings. The van der Waals surface area contributed by atoms with Crippen molar-refractivity contribution in [1.82, 2.24) is 10.2 Å². The molecule has 0 aromatic heterocycles. The number of anilines is 1. The van der Waals surface area contributed by atoms with Gasteiger partial charge in [-0.25, -0.2) is 0 Å². The number of aryl methyl sites for hydroxylation is 1. The summed E-state index contributed by atoms with van der Waals surface area (Å²) in [5, 5.41) is 13.8. The number of benzene rings is 2. The van der Waals surface area contributed by atoms with E-state index in [4.69, 9.17) is 21.1 Å². The number of esters is 1. The van der Waals surface area contributed by atoms with E-state index >= 15 is 0 Å². The summed E-state index contributed by atoms with van der Waals surface area (Å²) in [6.07, 6.45) is 4.50. The molecular formula is C37H44ClN3O7. The van der Waals surface area contributed by atoms with Crippen LogP contribution < -0.4 is 10.2 Å². The van der Waals surface area contributed by atoms with Crippen molar-refractivity contribution in [2.45, 2.75) is 75.8 Å². The van der Waals surface area contributed by atoms with E-state index in [1.165, 1.54) is 9.80 Å². The molecule has 7 atom stereocenters. The normalized spacial score (nSPS) is 25.2. The molecule has 2 aromatic rings. The summed E-state index contributed by atoms with van der Waals surface area (Å²) in [5.74, 6) is -3.52. The van der Waals surface area contributed by atoms with Gasteiger partial charge in [0.15, 0.2) is 0 Å². The highest BCUT2D eigenvalue weighted by atomic mass is 35.5. The van der Waals surface area contributed by atoms with Crippen LogP contribution >= 0.6 is 11.6 Å². The van der Waals surface area contributed by atoms with Crippen LogP contribution in [0.2, 0.25) is 5.02 Å². The lowest BCUT2D eigenvalue weighted by atomic mass is 9.70. The monoisotopic (exact) mass is 677 g/mol. The molecule has 5 rings (SSSR count). The van der Waals surface area contributed by atoms with Gasteiger partial charge >= 0.3 is 5.97 Å². The molecule has 3 amide bonds. The summed E-state index contributed by atoms with van der Waals surface area (Å²) >= 11 is 6.65. The fourth-order valence-corrected chi connectivity index (χ4v) is 7.98. The van der Waals surface area contributed by atoms with Gasteiger partial charge in [-0.1, -0.05) is 73.1 Å². The fourth-order valence-electron chi connectivity index (χ4n) is 7.65. The topological polar surface area (TPSA) is 125 Å². The minimum absolute atomic E-state index is 0.100. The Labute approximate surface area is 286 Å². The number of para-hydroxylation sites is 1. The second-order valence-corrected chi connectivity index (χ2v) is 13.1. The van der Waals surface area contributed by atoms with Crippen LogP contribution in [0, 0.1) is 18.8 Å². The number of likely N-dealkylation sites (tertiary alicyclic amines) is 1. The van der Waals surface area contributed by atoms with E-state index in [9.17, 15) is 24.3 Å². The summed E-state index contributed by atoms with van der Waals surface area (Å²) in [4.78, 5) is 59.0. The first-order valence-corrected chi connectivity index (χ1v) is 16.9. The molecule has 48 heavy (non-hydrogen) atoms. The van der Waals surface area contributed by atoms with Crippen molar-refractivity contribution in [1.29, 1.82) is 0 Å². The lowest BCUT2D eigenvalue weighted by Gasteiger charge is -2.39. The summed E-state index contributed by atoms with van der Waals surface area (Å²) < 4.78 is 12.2. The van der Waals surface area contributed by atoms with Gasteiger partial charge in [-0.15, -0.1) is 13.2 Å². The zero-order chi connectivity index (χ0) is 34.6. The number of hydrogen-bond acceptors (Lipinski definition) is 7. The Kier molecular flexibility index (Phi) is 11.1. The maximum atomic E-state index is 14.8. The fraction of sp³-hybridized carbons (Fsp3) is 0.459. The predicted molar refractivity (Wildman–Crippen MR) is 182 cm³/mol. The third-order valence-electron chi connectivity index (χ3n) is 9.87. The van der Waals surface area contributed by atoms with Crippen LogP contribution in [0.25, 0.3) is 0 Å². The zero-order valence-corrected chi connectivity index (χ0v) is 28.2. The highest BCUT2D eigenvalue weighted by molar-refractivity contribution is 6.34. The molecule has 3 saturated heterocycles. The second-order valence-electron chi connectivity index (χ2n) is 12.7. The Bertz CT molecular complexity index is 1530. The number of ether oxygens (including phenoxy) is 2. The zero-order valence-electron chi connectivity index (χ0n) is 27.5. The maximum Gasteiger partial charge on any atom is 0.306 e. The van der Waals surface area contributed by atoms with Crippen molar-refractivity contribution in [2.75, 3.05) is 24.7 Å². The Morgan fingerprint density at radius 3 is 2.58 bits per heavy atom. The number of aliphatic hydroxyl groups excluding tert-OH is 1. The number of nitrogens with zero attached hydrogens (tertiary/aromatic N) is 2. The van der Waals surface area contributed by atoms with Gasteiger partial charge in [0.05, 0.1) is 47.3 Å². The Morgan fingerprint density at radius 1 is 1.19 bits per heavy atom. The van der Waals surface area contributed by atoms with Crippen LogP contribution in [-0.2, 0) is 28.7 Å². The number of hydrogen-bond donors (Lipinski definition) is 2. The predicted octanol–water partition coefficient (Wildman–Crippen LogP) is 4.68. The van der Waals surface area contributed by atoms with E-state index in [0.717, 1.165) is 11.1 Å². The van der Waals surface area contributed by atoms with Crippen molar-refractivity contribution in [3.05, 3.63) is 90.0 Å². The third-order valence-corrected chi connectivity index (χ3v) is 10.2. The number of carbonyl (C=O) groups is 4. The Morgan fingerprint density at radius 2 is 1.94 bits per heavy atom. The highest BCUT2D eigenvalue weighted by Gasteiger charge is 2.75. The molecule has 11 heteroatoms. The Hall–Kier alpha value is -3.99. The second kappa shape index (κ2) is 15.1. The van der Waals surface area contributed by atoms with Gasteiger partial charge < -0.3 is 29.7 Å². The molecule has 3 aliphatic heterocycles. The first-order valence-electron chi connectivity index (χ1n) is 16.5. The van der Waals surface area contributed by atoms with Crippen molar-refractivity contribution < 1.29 is 33.8 Å². The number of nitrogens with one attached hydrogen (secondary N) is 1. The van der Waals surface area contributed by atoms with E-state index in [0.29, 0.717) is 36.4 Å². The van der Waals surface area contributed by atoms with Gasteiger partial charge in [0.1, 0.15) is 18.2 Å². The number of aliphatic hydroxyl groups is 1. The highest BCUT2D eigenvalue weighted by Crippen LogP contribution is 2.59. The summed E-state index contributed by atoms with van der Waals surface area (Å²) in [7, 11) is 0. The van der Waals surface area contributed by atoms with Gasteiger partial charge in [-0.2, -0.15) is 0 Å². The molecule has 3 aliphatic rings. The van der Waals surface area contributed by atoms with Crippen LogP contribution in [-0.4, -0.2) is 77.2 Å². The smallest absolute Gasteiger partial charge is 0.306 e. The molecular weight excluding hydrogens is 634 g/mol. The molecule has 10 nitrogen and oxygen atoms in total. The summed E-state index contributed by atoms with van der Waals surface area (Å²) in [5.41, 5.74) is 0.707. The number of rotatable bonds is 15. The van der Waals surface area contributed by atoms with Gasteiger partial charge in [0, 0.05) is 13.0 Å². The number of amides is 3. The first-order chi connectivity index (χ1) is 23.1. The molecule has 2 aromatic carbocycles. The molecule has 0 saturated carbocycles. The molecule has 2 N–H and O–H groups in total. The molecule has 3 heterocycles. The average Bonchev–Trinajstić information content (AvgIpc) is 3.73. The van der Waals surface area contributed by atoms with Crippen molar-refractivity contribution in [3.8, 4) is 0 Å². The molecule has 0 aliphatic carbocycles. The van der Waals surface area contributed by atoms with E-state index in [2.05, 4.69) is 18.5 Å². The quantitative estimate of drug-likeness (QED) is 0.207. The number of carbonyl (C=O) groups excluding carboxylic acids is 4. The van der Waals surface area contributed by atoms with Crippen molar-refractivity contribution in [2.24, 2.45) is 11.8 Å². The van der Waals surface area contributed by atoms with E-state index in [1.807, 2.05) is 50.2 Å². The molecule has 256 valence electrons. The number of allylic oxidation sites excluding steroid dienone is 1. The first kappa shape index (κ1) is 35.3. The third kappa shape index (κ3) is 6.41. The number of fused-ring (bicyclic) bond motifs is 1. The standard InChI is InChI=1S/C37H44ClN3O7/c1-5-8-17-29(43)47-22-27(24-14-10-9-11-15-24)39-34(44)30-28-18-19-37(48-28)31(30)35(45)41(25(7-3)21-42)33(37)36(46)40(20-6-2)32-23(4)13-12-16-26(32)38/h5-6,9-16,25,27-28,30-31,33,42H,1-2,7-8,17-22H2,3-4H3,(H,39,44)/t25-,27-,28-,30+,31+,33-,37+/m0/s1. The van der Waals surface area contributed by atoms with Crippen LogP contribution in [0.15, 0.2) is 73.8 Å². The maximum absolute atomic E-state index is 14.8. The van der Waals surface area contributed by atoms with Crippen molar-refractivity contribution in [3.63, 3.8) is 0 Å². The van der Waals surface area contributed by atoms with E-state index in [1.54, 1.807) is 24.3 Å². The van der Waals surface area contributed by atoms with Crippen LogP contribution in [0.1, 0.15) is 56.2 Å². The van der Waals surface area contributed by atoms with Crippen LogP contribution in [0.5, 0.6) is 0 Å². The lowest BCUT2D eigenvalue weighted by Crippen LogP contribution is -2.59. The van der Waals surface area contributed by atoms with Gasteiger partial charge in [-0.3, -0.25) is 19.2 Å².